The highest BCUT2D eigenvalue weighted by Crippen LogP contribution is 2.37. The number of imidazole rings is 1. The first-order valence-electron chi connectivity index (χ1n) is 13.5. The fraction of sp³-hybridized carbons (Fsp3) is 0.387. The molecule has 0 saturated heterocycles. The van der Waals surface area contributed by atoms with E-state index in [1.54, 1.807) is 17.9 Å². The molecule has 198 valence electrons. The first-order chi connectivity index (χ1) is 18.4. The van der Waals surface area contributed by atoms with Crippen LogP contribution in [0.3, 0.4) is 0 Å². The number of amides is 1. The zero-order valence-corrected chi connectivity index (χ0v) is 22.5. The minimum Gasteiger partial charge on any atom is -0.462 e. The van der Waals surface area contributed by atoms with Gasteiger partial charge >= 0.3 is 5.97 Å². The molecule has 0 spiro atoms. The number of hydrogen-bond acceptors (Lipinski definition) is 5. The number of furan rings is 1. The number of hydrogen-bond donors (Lipinski definition) is 0. The summed E-state index contributed by atoms with van der Waals surface area (Å²) in [5.41, 5.74) is 3.80. The minimum atomic E-state index is -0.491. The average molecular weight is 514 g/mol. The van der Waals surface area contributed by atoms with Gasteiger partial charge in [0, 0.05) is 41.5 Å². The number of carbonyl (C=O) groups excluding carboxylic acids is 2. The number of anilines is 1. The van der Waals surface area contributed by atoms with E-state index in [0.717, 1.165) is 48.2 Å². The lowest BCUT2D eigenvalue weighted by molar-refractivity contribution is -0.124. The molecule has 0 aliphatic heterocycles. The molecule has 4 aromatic rings. The number of rotatable bonds is 7. The molecule has 1 aliphatic carbocycles. The van der Waals surface area contributed by atoms with Gasteiger partial charge in [-0.15, -0.1) is 0 Å². The van der Waals surface area contributed by atoms with E-state index in [9.17, 15) is 9.59 Å². The molecule has 38 heavy (non-hydrogen) atoms. The highest BCUT2D eigenvalue weighted by Gasteiger charge is 2.35. The van der Waals surface area contributed by atoms with Crippen molar-refractivity contribution in [3.05, 3.63) is 66.5 Å². The summed E-state index contributed by atoms with van der Waals surface area (Å²) in [4.78, 5) is 33.0. The second-order valence-corrected chi connectivity index (χ2v) is 10.5. The molecule has 5 rings (SSSR count). The van der Waals surface area contributed by atoms with Crippen molar-refractivity contribution in [2.75, 3.05) is 11.5 Å². The molecule has 7 heteroatoms. The Morgan fingerprint density at radius 2 is 1.79 bits per heavy atom. The van der Waals surface area contributed by atoms with Crippen molar-refractivity contribution in [1.29, 1.82) is 0 Å². The summed E-state index contributed by atoms with van der Waals surface area (Å²) in [6, 6.07) is 15.3. The number of ether oxygens (including phenoxy) is 1. The van der Waals surface area contributed by atoms with Gasteiger partial charge in [0.1, 0.15) is 17.0 Å². The highest BCUT2D eigenvalue weighted by atomic mass is 16.5. The lowest BCUT2D eigenvalue weighted by atomic mass is 9.82. The molecule has 3 aromatic heterocycles. The first-order valence-corrected chi connectivity index (χ1v) is 13.5. The smallest absolute Gasteiger partial charge is 0.343 e. The number of pyridine rings is 1. The van der Waals surface area contributed by atoms with E-state index in [-0.39, 0.29) is 35.9 Å². The maximum absolute atomic E-state index is 13.7. The molecule has 1 amide bonds. The van der Waals surface area contributed by atoms with Gasteiger partial charge in [-0.3, -0.25) is 9.69 Å². The maximum Gasteiger partial charge on any atom is 0.343 e. The summed E-state index contributed by atoms with van der Waals surface area (Å²) < 4.78 is 13.6. The van der Waals surface area contributed by atoms with Crippen molar-refractivity contribution in [2.45, 2.75) is 59.4 Å². The van der Waals surface area contributed by atoms with Gasteiger partial charge in [0.25, 0.3) is 0 Å². The highest BCUT2D eigenvalue weighted by molar-refractivity contribution is 6.03. The molecule has 7 nitrogen and oxygen atoms in total. The normalized spacial score (nSPS) is 17.6. The molecule has 1 aromatic carbocycles. The Labute approximate surface area is 223 Å². The topological polar surface area (TPSA) is 77.1 Å². The first kappa shape index (κ1) is 25.8. The predicted molar refractivity (Wildman–Crippen MR) is 148 cm³/mol. The van der Waals surface area contributed by atoms with Crippen molar-refractivity contribution in [3.8, 4) is 22.6 Å². The van der Waals surface area contributed by atoms with Crippen LogP contribution in [0.5, 0.6) is 0 Å². The van der Waals surface area contributed by atoms with E-state index in [2.05, 4.69) is 6.92 Å². The summed E-state index contributed by atoms with van der Waals surface area (Å²) in [6.45, 7) is 8.14. The summed E-state index contributed by atoms with van der Waals surface area (Å²) in [5, 5.41) is 0. The standard InChI is InChI=1S/C31H35N3O4/c1-5-37-31(36)25-18-27(38-30(25)34(20(2)3)29(35)24-11-9-21(4)10-12-24)23-15-13-22(14-16-23)26-19-33-17-7-6-8-28(33)32-26/h6-8,13-21,24H,5,9-12H2,1-4H3/t21-,24-. The van der Waals surface area contributed by atoms with Crippen molar-refractivity contribution >= 4 is 23.4 Å². The Balaban J connectivity index is 1.48. The maximum atomic E-state index is 13.7. The monoisotopic (exact) mass is 513 g/mol. The molecular formula is C31H35N3O4. The van der Waals surface area contributed by atoms with Crippen LogP contribution in [0.4, 0.5) is 5.88 Å². The largest absolute Gasteiger partial charge is 0.462 e. The third-order valence-electron chi connectivity index (χ3n) is 7.37. The van der Waals surface area contributed by atoms with E-state index < -0.39 is 5.97 Å². The van der Waals surface area contributed by atoms with Crippen LogP contribution in [0.1, 0.15) is 63.7 Å². The summed E-state index contributed by atoms with van der Waals surface area (Å²) in [7, 11) is 0. The van der Waals surface area contributed by atoms with Crippen molar-refractivity contribution in [1.82, 2.24) is 9.38 Å². The molecule has 3 heterocycles. The lowest BCUT2D eigenvalue weighted by Gasteiger charge is -2.32. The van der Waals surface area contributed by atoms with Crippen LogP contribution in [0.2, 0.25) is 0 Å². The van der Waals surface area contributed by atoms with Crippen molar-refractivity contribution in [2.24, 2.45) is 11.8 Å². The average Bonchev–Trinajstić information content (AvgIpc) is 3.54. The van der Waals surface area contributed by atoms with Crippen LogP contribution < -0.4 is 4.90 Å². The molecule has 0 N–H and O–H groups in total. The molecular weight excluding hydrogens is 478 g/mol. The third-order valence-corrected chi connectivity index (χ3v) is 7.37. The Bertz CT molecular complexity index is 1390. The van der Waals surface area contributed by atoms with Crippen LogP contribution in [-0.2, 0) is 9.53 Å². The van der Waals surface area contributed by atoms with Crippen molar-refractivity contribution < 1.29 is 18.7 Å². The zero-order chi connectivity index (χ0) is 26.8. The summed E-state index contributed by atoms with van der Waals surface area (Å²) in [5.74, 6) is 0.874. The van der Waals surface area contributed by atoms with Crippen LogP contribution >= 0.6 is 0 Å². The van der Waals surface area contributed by atoms with E-state index in [4.69, 9.17) is 14.1 Å². The zero-order valence-electron chi connectivity index (χ0n) is 22.5. The fourth-order valence-corrected chi connectivity index (χ4v) is 5.23. The fourth-order valence-electron chi connectivity index (χ4n) is 5.23. The number of benzene rings is 1. The number of carbonyl (C=O) groups is 2. The van der Waals surface area contributed by atoms with E-state index in [1.165, 1.54) is 0 Å². The van der Waals surface area contributed by atoms with E-state index in [0.29, 0.717) is 11.7 Å². The second-order valence-electron chi connectivity index (χ2n) is 10.5. The molecule has 0 atom stereocenters. The Morgan fingerprint density at radius 3 is 2.45 bits per heavy atom. The van der Waals surface area contributed by atoms with Gasteiger partial charge in [-0.1, -0.05) is 37.3 Å². The van der Waals surface area contributed by atoms with Gasteiger partial charge in [0.15, 0.2) is 0 Å². The molecule has 1 fully saturated rings. The Morgan fingerprint density at radius 1 is 1.08 bits per heavy atom. The number of nitrogens with zero attached hydrogens (tertiary/aromatic N) is 3. The molecule has 0 unspecified atom stereocenters. The van der Waals surface area contributed by atoms with Crippen LogP contribution in [0, 0.1) is 11.8 Å². The molecule has 0 radical (unpaired) electrons. The van der Waals surface area contributed by atoms with Gasteiger partial charge in [-0.2, -0.15) is 0 Å². The summed E-state index contributed by atoms with van der Waals surface area (Å²) >= 11 is 0. The summed E-state index contributed by atoms with van der Waals surface area (Å²) in [6.07, 6.45) is 7.75. The quantitative estimate of drug-likeness (QED) is 0.249. The Kier molecular flexibility index (Phi) is 7.36. The van der Waals surface area contributed by atoms with Crippen LogP contribution in [-0.4, -0.2) is 33.9 Å². The lowest BCUT2D eigenvalue weighted by Crippen LogP contribution is -2.42. The minimum absolute atomic E-state index is 0.0144. The second kappa shape index (κ2) is 10.9. The SMILES string of the molecule is CCOC(=O)c1cc(-c2ccc(-c3cn4ccccc4n3)cc2)oc1N(C(=O)[C@H]1CC[C@H](C)CC1)C(C)C. The Hall–Kier alpha value is -3.87. The number of aromatic nitrogens is 2. The van der Waals surface area contributed by atoms with Gasteiger partial charge < -0.3 is 13.6 Å². The van der Waals surface area contributed by atoms with Gasteiger partial charge in [-0.05, 0) is 64.5 Å². The molecule has 1 saturated carbocycles. The van der Waals surface area contributed by atoms with Gasteiger partial charge in [-0.25, -0.2) is 9.78 Å². The predicted octanol–water partition coefficient (Wildman–Crippen LogP) is 7.01. The van der Waals surface area contributed by atoms with Crippen LogP contribution in [0.25, 0.3) is 28.2 Å². The van der Waals surface area contributed by atoms with Crippen LogP contribution in [0.15, 0.2) is 65.3 Å². The third kappa shape index (κ3) is 5.10. The van der Waals surface area contributed by atoms with E-state index >= 15 is 0 Å². The number of fused-ring (bicyclic) bond motifs is 1. The van der Waals surface area contributed by atoms with Crippen molar-refractivity contribution in [3.63, 3.8) is 0 Å². The molecule has 0 bridgehead atoms. The van der Waals surface area contributed by atoms with Gasteiger partial charge in [0.2, 0.25) is 11.8 Å². The molecule has 1 aliphatic rings. The number of esters is 1. The van der Waals surface area contributed by atoms with E-state index in [1.807, 2.05) is 73.1 Å². The van der Waals surface area contributed by atoms with Gasteiger partial charge in [0.05, 0.1) is 12.3 Å².